The molecular formula is C109H190N2Pd. The van der Waals surface area contributed by atoms with Crippen LogP contribution in [0.4, 0.5) is 0 Å². The molecule has 1 aliphatic rings. The summed E-state index contributed by atoms with van der Waals surface area (Å²) in [6.07, 6.45) is 109. The van der Waals surface area contributed by atoms with Gasteiger partial charge in [-0.15, -0.1) is 0 Å². The largest absolute Gasteiger partial charge is 2.00 e. The number of hydrogen-bond acceptors (Lipinski definition) is 0. The number of allylic oxidation sites excluding steroid dienone is 6. The molecule has 1 aliphatic heterocycles. The van der Waals surface area contributed by atoms with Crippen LogP contribution in [0.25, 0.3) is 16.9 Å². The number of benzene rings is 2. The standard InChI is InChI=1S/C61H96N2.2C24H47.Pd/c1-9-17-25-26-27-28-29-30-31-32-33-34-35-36-37-45-59-58(44-24-16-8)60(54-46-50(38-18-10-2)56(42-22-14-6)51(47-54)39-19-11-3)63(62)61(59)55-48-52(40-20-12-4)57(43-23-15-7)53(49-55)41-21-13-5;2*1-3-5-7-9-11-13-15-17-19-21-23-24-22-20-18-16-14-12-10-8-6-4-2;/h37,45-49H,9-23,25-36,38-43H2,1-8H3;2*1,3H,4-24H2,2H3;/q;2*-1;+2. The molecule has 0 saturated heterocycles. The van der Waals surface area contributed by atoms with E-state index in [1.165, 1.54) is 440 Å². The fourth-order valence-corrected chi connectivity index (χ4v) is 16.7. The van der Waals surface area contributed by atoms with Gasteiger partial charge in [0.2, 0.25) is 11.4 Å². The van der Waals surface area contributed by atoms with Crippen molar-refractivity contribution in [3.05, 3.63) is 123 Å². The average molecular weight is 1640 g/mol. The second-order valence-electron chi connectivity index (χ2n) is 34.5. The van der Waals surface area contributed by atoms with Gasteiger partial charge in [-0.05, 0) is 148 Å². The van der Waals surface area contributed by atoms with Gasteiger partial charge in [-0.3, -0.25) is 12.2 Å². The summed E-state index contributed by atoms with van der Waals surface area (Å²) in [5.41, 5.74) is 28.2. The Labute approximate surface area is 717 Å². The third kappa shape index (κ3) is 57.9. The molecule has 0 bridgehead atoms. The van der Waals surface area contributed by atoms with Crippen LogP contribution in [0.1, 0.15) is 557 Å². The molecule has 0 fully saturated rings. The minimum atomic E-state index is 0. The molecule has 0 radical (unpaired) electrons. The summed E-state index contributed by atoms with van der Waals surface area (Å²) < 4.78 is 1.59. The second kappa shape index (κ2) is 84.4. The molecule has 112 heavy (non-hydrogen) atoms. The molecule has 2 nitrogen and oxygen atoms in total. The monoisotopic (exact) mass is 1630 g/mol. The molecule has 0 amide bonds. The minimum absolute atomic E-state index is 0. The molecule has 0 N–H and O–H groups in total. The van der Waals surface area contributed by atoms with Crippen LogP contribution in [0.5, 0.6) is 0 Å². The summed E-state index contributed by atoms with van der Waals surface area (Å²) in [4.78, 5) is 0. The fraction of sp³-hybridized carbons (Fsp3) is 0.780. The van der Waals surface area contributed by atoms with Gasteiger partial charge in [0.1, 0.15) is 5.57 Å². The maximum absolute atomic E-state index is 12.9. The van der Waals surface area contributed by atoms with Crippen LogP contribution in [-0.4, -0.2) is 4.70 Å². The van der Waals surface area contributed by atoms with E-state index >= 15 is 0 Å². The van der Waals surface area contributed by atoms with Crippen molar-refractivity contribution in [3.63, 3.8) is 0 Å². The van der Waals surface area contributed by atoms with Crippen LogP contribution in [0.15, 0.2) is 59.7 Å². The van der Waals surface area contributed by atoms with E-state index in [1.807, 2.05) is 0 Å². The number of hydrogen-bond donors (Lipinski definition) is 0. The Kier molecular flexibility index (Phi) is 82.1. The summed E-state index contributed by atoms with van der Waals surface area (Å²) in [6.45, 7) is 33.7. The first-order valence-corrected chi connectivity index (χ1v) is 50.3. The van der Waals surface area contributed by atoms with Crippen LogP contribution in [-0.2, 0) is 58.9 Å². The number of unbranched alkanes of at least 4 members (excludes halogenated alkanes) is 59. The molecule has 646 valence electrons. The Morgan fingerprint density at radius 1 is 0.277 bits per heavy atom. The molecule has 0 aromatic heterocycles. The van der Waals surface area contributed by atoms with Crippen molar-refractivity contribution in [2.24, 2.45) is 0 Å². The van der Waals surface area contributed by atoms with E-state index in [0.717, 1.165) is 97.9 Å². The van der Waals surface area contributed by atoms with E-state index in [1.54, 1.807) is 28.0 Å². The van der Waals surface area contributed by atoms with Gasteiger partial charge in [0, 0.05) is 17.5 Å². The van der Waals surface area contributed by atoms with Gasteiger partial charge in [0.15, 0.2) is 0 Å². The van der Waals surface area contributed by atoms with Crippen LogP contribution < -0.4 is 0 Å². The van der Waals surface area contributed by atoms with E-state index in [4.69, 9.17) is 13.2 Å². The van der Waals surface area contributed by atoms with Gasteiger partial charge >= 0.3 is 20.4 Å². The molecule has 0 aliphatic carbocycles. The number of nitrogens with zero attached hydrogens (tertiary/aromatic N) is 2. The van der Waals surface area contributed by atoms with E-state index in [0.29, 0.717) is 0 Å². The minimum Gasteiger partial charge on any atom is -0.518 e. The summed E-state index contributed by atoms with van der Waals surface area (Å²) in [5, 5.41) is 0. The van der Waals surface area contributed by atoms with Gasteiger partial charge in [0.05, 0.1) is 5.57 Å². The van der Waals surface area contributed by atoms with Gasteiger partial charge in [-0.1, -0.05) is 478 Å². The van der Waals surface area contributed by atoms with Crippen molar-refractivity contribution in [2.75, 3.05) is 0 Å². The quantitative estimate of drug-likeness (QED) is 0.0207. The number of rotatable bonds is 77. The molecule has 2 aromatic rings. The van der Waals surface area contributed by atoms with Crippen molar-refractivity contribution in [2.45, 2.75) is 551 Å². The van der Waals surface area contributed by atoms with Gasteiger partial charge < -0.3 is 18.7 Å². The van der Waals surface area contributed by atoms with E-state index in [9.17, 15) is 5.53 Å². The number of aryl methyl sites for hydroxylation is 4. The van der Waals surface area contributed by atoms with Gasteiger partial charge in [0.25, 0.3) is 0 Å². The van der Waals surface area contributed by atoms with Crippen molar-refractivity contribution in [3.8, 4) is 11.8 Å². The van der Waals surface area contributed by atoms with Gasteiger partial charge in [-0.25, -0.2) is 4.70 Å². The van der Waals surface area contributed by atoms with Crippen molar-refractivity contribution < 1.29 is 25.1 Å². The first-order valence-electron chi connectivity index (χ1n) is 50.3. The molecule has 2 aromatic carbocycles. The maximum atomic E-state index is 12.9. The molecule has 3 heteroatoms. The molecule has 0 spiro atoms. The average Bonchev–Trinajstić information content (AvgIpc) is 1.59. The maximum Gasteiger partial charge on any atom is 2.00 e. The third-order valence-electron chi connectivity index (χ3n) is 24.0. The molecule has 0 unspecified atom stereocenters. The summed E-state index contributed by atoms with van der Waals surface area (Å²) in [6, 6.07) is 9.84. The zero-order valence-electron chi connectivity index (χ0n) is 77.0. The smallest absolute Gasteiger partial charge is 0.518 e. The van der Waals surface area contributed by atoms with Crippen molar-refractivity contribution in [1.82, 2.24) is 0 Å². The Morgan fingerprint density at radius 3 is 0.723 bits per heavy atom. The first-order chi connectivity index (χ1) is 54.8. The Morgan fingerprint density at radius 2 is 0.491 bits per heavy atom. The van der Waals surface area contributed by atoms with Crippen LogP contribution in [0.3, 0.4) is 0 Å². The molecule has 3 rings (SSSR count). The molecule has 0 atom stereocenters. The van der Waals surface area contributed by atoms with Crippen molar-refractivity contribution >= 4 is 11.4 Å². The van der Waals surface area contributed by atoms with E-state index in [2.05, 4.69) is 117 Å². The molecular weight excluding hydrogens is 1440 g/mol. The second-order valence-corrected chi connectivity index (χ2v) is 34.5. The fourth-order valence-electron chi connectivity index (χ4n) is 16.7. The van der Waals surface area contributed by atoms with Crippen molar-refractivity contribution in [1.29, 1.82) is 0 Å². The third-order valence-corrected chi connectivity index (χ3v) is 24.0. The SMILES string of the molecule is CCC#CC1=C(c2cc(CCCC)c(CCCC)c(CCCC)c2)[N+](=[N-])C(c2cc(CCCC)c(CCCC)c(CCCC)c2)=C1C=CCCCCCCCCCCCCCCC.[CH-]=CCCCCCCCCCCCCCCCCCCCCCC.[CH-]=CCCCCCCCCCCCCCCCCCCCCCC.[Pd+2]. The first kappa shape index (κ1) is 109. The van der Waals surface area contributed by atoms with E-state index in [-0.39, 0.29) is 20.4 Å². The predicted molar refractivity (Wildman–Crippen MR) is 503 cm³/mol. The van der Waals surface area contributed by atoms with E-state index < -0.39 is 0 Å². The zero-order valence-corrected chi connectivity index (χ0v) is 78.6. The van der Waals surface area contributed by atoms with Crippen LogP contribution in [0.2, 0.25) is 0 Å². The zero-order chi connectivity index (χ0) is 80.6. The normalized spacial score (nSPS) is 12.0. The Bertz CT molecular complexity index is 2500. The van der Waals surface area contributed by atoms with Gasteiger partial charge in [-0.2, -0.15) is 0 Å². The summed E-state index contributed by atoms with van der Waals surface area (Å²) in [5.74, 6) is 7.19. The Balaban J connectivity index is 0.00000205. The van der Waals surface area contributed by atoms with Crippen LogP contribution >= 0.6 is 0 Å². The molecule has 0 saturated carbocycles. The van der Waals surface area contributed by atoms with Crippen LogP contribution in [0, 0.1) is 25.0 Å². The predicted octanol–water partition coefficient (Wildman–Crippen LogP) is 37.7. The molecule has 1 heterocycles. The topological polar surface area (TPSA) is 25.3 Å². The summed E-state index contributed by atoms with van der Waals surface area (Å²) >= 11 is 0. The Hall–Kier alpha value is -3.04. The summed E-state index contributed by atoms with van der Waals surface area (Å²) in [7, 11) is 0.